The maximum absolute atomic E-state index is 12.2. The Morgan fingerprint density at radius 2 is 1.70 bits per heavy atom. The molecular formula is C26H43NO3. The van der Waals surface area contributed by atoms with Gasteiger partial charge >= 0.3 is 5.97 Å². The average molecular weight is 418 g/mol. The van der Waals surface area contributed by atoms with Gasteiger partial charge in [-0.2, -0.15) is 0 Å². The summed E-state index contributed by atoms with van der Waals surface area (Å²) in [5.74, 6) is 3.57. The number of hydrogen-bond acceptors (Lipinski definition) is 2. The number of amides is 1. The molecule has 4 heteroatoms. The molecule has 7 unspecified atom stereocenters. The van der Waals surface area contributed by atoms with Gasteiger partial charge in [0.25, 0.3) is 0 Å². The zero-order valence-electron chi connectivity index (χ0n) is 19.5. The van der Waals surface area contributed by atoms with Crippen LogP contribution < -0.4 is 0 Å². The molecule has 0 saturated heterocycles. The van der Waals surface area contributed by atoms with E-state index in [0.29, 0.717) is 17.3 Å². The van der Waals surface area contributed by atoms with Crippen molar-refractivity contribution in [3.63, 3.8) is 0 Å². The third-order valence-corrected chi connectivity index (χ3v) is 10.5. The molecule has 0 spiro atoms. The largest absolute Gasteiger partial charge is 0.480 e. The molecule has 0 aromatic rings. The van der Waals surface area contributed by atoms with E-state index in [9.17, 15) is 9.59 Å². The van der Waals surface area contributed by atoms with E-state index >= 15 is 0 Å². The fourth-order valence-electron chi connectivity index (χ4n) is 8.86. The minimum Gasteiger partial charge on any atom is -0.480 e. The molecule has 4 nitrogen and oxygen atoms in total. The van der Waals surface area contributed by atoms with Gasteiger partial charge in [-0.1, -0.05) is 26.7 Å². The highest BCUT2D eigenvalue weighted by Gasteiger charge is 2.59. The molecule has 4 saturated carbocycles. The molecule has 0 heterocycles. The number of fused-ring (bicyclic) bond motifs is 5. The van der Waals surface area contributed by atoms with Gasteiger partial charge in [0.15, 0.2) is 0 Å². The van der Waals surface area contributed by atoms with Gasteiger partial charge in [0.2, 0.25) is 5.91 Å². The Morgan fingerprint density at radius 3 is 2.47 bits per heavy atom. The van der Waals surface area contributed by atoms with E-state index in [1.54, 1.807) is 7.05 Å². The minimum absolute atomic E-state index is 0.0237. The number of hydrogen-bond donors (Lipinski definition) is 1. The summed E-state index contributed by atoms with van der Waals surface area (Å²) in [7, 11) is 1.60. The van der Waals surface area contributed by atoms with Gasteiger partial charge in [0.1, 0.15) is 6.54 Å². The number of carboxylic acids is 1. The number of rotatable bonds is 6. The number of aliphatic carboxylic acids is 1. The fourth-order valence-corrected chi connectivity index (χ4v) is 8.86. The first kappa shape index (κ1) is 22.1. The summed E-state index contributed by atoms with van der Waals surface area (Å²) in [5.41, 5.74) is 1.08. The summed E-state index contributed by atoms with van der Waals surface area (Å²) in [4.78, 5) is 24.4. The molecule has 0 aromatic carbocycles. The summed E-state index contributed by atoms with van der Waals surface area (Å²) < 4.78 is 0. The maximum atomic E-state index is 12.2. The van der Waals surface area contributed by atoms with Crippen LogP contribution in [0.3, 0.4) is 0 Å². The first-order valence-electron chi connectivity index (χ1n) is 12.7. The van der Waals surface area contributed by atoms with E-state index in [0.717, 1.165) is 42.4 Å². The van der Waals surface area contributed by atoms with E-state index in [1.165, 1.54) is 69.1 Å². The van der Waals surface area contributed by atoms with Crippen LogP contribution in [0.1, 0.15) is 97.3 Å². The van der Waals surface area contributed by atoms with Gasteiger partial charge in [0, 0.05) is 13.5 Å². The lowest BCUT2D eigenvalue weighted by Gasteiger charge is -2.60. The van der Waals surface area contributed by atoms with Crippen molar-refractivity contribution < 1.29 is 14.7 Å². The number of carbonyl (C=O) groups is 2. The van der Waals surface area contributed by atoms with Crippen LogP contribution >= 0.6 is 0 Å². The van der Waals surface area contributed by atoms with Crippen molar-refractivity contribution in [2.24, 2.45) is 40.4 Å². The lowest BCUT2D eigenvalue weighted by Crippen LogP contribution is -2.52. The zero-order chi connectivity index (χ0) is 21.5. The number of nitrogens with zero attached hydrogens (tertiary/aromatic N) is 1. The fraction of sp³-hybridized carbons (Fsp3) is 0.923. The van der Waals surface area contributed by atoms with E-state index < -0.39 is 5.97 Å². The van der Waals surface area contributed by atoms with E-state index in [1.807, 2.05) is 0 Å². The van der Waals surface area contributed by atoms with Gasteiger partial charge in [-0.05, 0) is 105 Å². The predicted octanol–water partition coefficient (Wildman–Crippen LogP) is 5.75. The molecule has 0 aliphatic heterocycles. The van der Waals surface area contributed by atoms with Crippen molar-refractivity contribution in [2.45, 2.75) is 97.3 Å². The quantitative estimate of drug-likeness (QED) is 0.599. The smallest absolute Gasteiger partial charge is 0.323 e. The Kier molecular flexibility index (Phi) is 6.25. The second-order valence-electron chi connectivity index (χ2n) is 11.8. The highest BCUT2D eigenvalue weighted by atomic mass is 16.4. The van der Waals surface area contributed by atoms with Gasteiger partial charge in [0.05, 0.1) is 0 Å². The van der Waals surface area contributed by atoms with Gasteiger partial charge < -0.3 is 10.0 Å². The minimum atomic E-state index is -0.935. The topological polar surface area (TPSA) is 57.6 Å². The van der Waals surface area contributed by atoms with Crippen molar-refractivity contribution >= 4 is 11.9 Å². The van der Waals surface area contributed by atoms with Crippen LogP contribution in [-0.2, 0) is 9.59 Å². The Hall–Kier alpha value is -1.06. The van der Waals surface area contributed by atoms with Crippen LogP contribution in [0.5, 0.6) is 0 Å². The first-order valence-corrected chi connectivity index (χ1v) is 12.7. The SMILES string of the molecule is CN(CC(=O)O)C(=O)CCCC1CCC2C3CCC4CCCCC4(C)C3CCC12C. The number of carbonyl (C=O) groups excluding carboxylic acids is 1. The van der Waals surface area contributed by atoms with Crippen LogP contribution in [0.2, 0.25) is 0 Å². The van der Waals surface area contributed by atoms with Crippen molar-refractivity contribution in [1.82, 2.24) is 4.90 Å². The maximum Gasteiger partial charge on any atom is 0.323 e. The Balaban J connectivity index is 1.36. The van der Waals surface area contributed by atoms with Crippen molar-refractivity contribution in [3.05, 3.63) is 0 Å². The summed E-state index contributed by atoms with van der Waals surface area (Å²) >= 11 is 0. The molecule has 0 bridgehead atoms. The Morgan fingerprint density at radius 1 is 0.933 bits per heavy atom. The van der Waals surface area contributed by atoms with Gasteiger partial charge in [-0.25, -0.2) is 0 Å². The summed E-state index contributed by atoms with van der Waals surface area (Å²) in [6.45, 7) is 5.05. The molecule has 4 aliphatic rings. The number of carboxylic acid groups (broad SMARTS) is 1. The molecule has 0 aromatic heterocycles. The first-order chi connectivity index (χ1) is 14.3. The predicted molar refractivity (Wildman–Crippen MR) is 119 cm³/mol. The van der Waals surface area contributed by atoms with Crippen molar-refractivity contribution in [3.8, 4) is 0 Å². The Labute approximate surface area is 183 Å². The van der Waals surface area contributed by atoms with Crippen LogP contribution in [0.4, 0.5) is 0 Å². The van der Waals surface area contributed by atoms with E-state index in [-0.39, 0.29) is 12.5 Å². The van der Waals surface area contributed by atoms with Crippen LogP contribution in [-0.4, -0.2) is 35.5 Å². The second kappa shape index (κ2) is 8.47. The zero-order valence-corrected chi connectivity index (χ0v) is 19.5. The molecule has 7 atom stereocenters. The van der Waals surface area contributed by atoms with Gasteiger partial charge in [-0.15, -0.1) is 0 Å². The molecule has 30 heavy (non-hydrogen) atoms. The lowest BCUT2D eigenvalue weighted by molar-refractivity contribution is -0.143. The summed E-state index contributed by atoms with van der Waals surface area (Å²) in [5, 5.41) is 8.89. The molecule has 4 fully saturated rings. The van der Waals surface area contributed by atoms with Crippen molar-refractivity contribution in [2.75, 3.05) is 13.6 Å². The van der Waals surface area contributed by atoms with Crippen LogP contribution in [0, 0.1) is 40.4 Å². The van der Waals surface area contributed by atoms with Crippen molar-refractivity contribution in [1.29, 1.82) is 0 Å². The lowest BCUT2D eigenvalue weighted by atomic mass is 9.45. The normalized spacial score (nSPS) is 42.7. The van der Waals surface area contributed by atoms with E-state index in [4.69, 9.17) is 5.11 Å². The number of likely N-dealkylation sites (N-methyl/N-ethyl adjacent to an activating group) is 1. The highest BCUT2D eigenvalue weighted by Crippen LogP contribution is 2.67. The van der Waals surface area contributed by atoms with Gasteiger partial charge in [-0.3, -0.25) is 9.59 Å². The van der Waals surface area contributed by atoms with Crippen LogP contribution in [0.15, 0.2) is 0 Å². The average Bonchev–Trinajstić information content (AvgIpc) is 3.03. The summed E-state index contributed by atoms with van der Waals surface area (Å²) in [6, 6.07) is 0. The third-order valence-electron chi connectivity index (χ3n) is 10.5. The third kappa shape index (κ3) is 3.81. The molecule has 0 radical (unpaired) electrons. The molecular weight excluding hydrogens is 374 g/mol. The molecule has 170 valence electrons. The standard InChI is InChI=1S/C26H43NO3/c1-25-15-5-4-7-18(25)10-12-20-21-13-11-19(26(21,2)16-14-22(20)25)8-6-9-23(28)27(3)17-24(29)30/h18-22H,4-17H2,1-3H3,(H,29,30). The molecule has 1 N–H and O–H groups in total. The molecule has 4 aliphatic carbocycles. The molecule has 4 rings (SSSR count). The van der Waals surface area contributed by atoms with E-state index in [2.05, 4.69) is 13.8 Å². The summed E-state index contributed by atoms with van der Waals surface area (Å²) in [6.07, 6.45) is 16.9. The second-order valence-corrected chi connectivity index (χ2v) is 11.8. The molecule has 1 amide bonds. The monoisotopic (exact) mass is 417 g/mol. The van der Waals surface area contributed by atoms with Crippen LogP contribution in [0.25, 0.3) is 0 Å². The Bertz CT molecular complexity index is 663. The highest BCUT2D eigenvalue weighted by molar-refractivity contribution is 5.80.